The second-order valence-electron chi connectivity index (χ2n) is 6.18. The first-order valence-electron chi connectivity index (χ1n) is 7.11. The Morgan fingerprint density at radius 1 is 1.47 bits per heavy atom. The Labute approximate surface area is 128 Å². The summed E-state index contributed by atoms with van der Waals surface area (Å²) in [4.78, 5) is 1.04. The maximum atomic E-state index is 10.8. The summed E-state index contributed by atoms with van der Waals surface area (Å²) >= 11 is 5.15. The van der Waals surface area contributed by atoms with E-state index in [2.05, 4.69) is 29.8 Å². The molecule has 1 aromatic heterocycles. The molecule has 2 nitrogen and oxygen atoms in total. The Hall–Kier alpha value is 0.100. The second kappa shape index (κ2) is 6.25. The van der Waals surface area contributed by atoms with Gasteiger partial charge in [0.1, 0.15) is 0 Å². The Kier molecular flexibility index (Phi) is 5.09. The van der Waals surface area contributed by atoms with Gasteiger partial charge >= 0.3 is 0 Å². The molecule has 0 bridgehead atoms. The van der Waals surface area contributed by atoms with Gasteiger partial charge in [-0.2, -0.15) is 0 Å². The molecular formula is C15H24BrNOS. The van der Waals surface area contributed by atoms with E-state index >= 15 is 0 Å². The summed E-state index contributed by atoms with van der Waals surface area (Å²) in [5.74, 6) is 1.53. The lowest BCUT2D eigenvalue weighted by Gasteiger charge is -2.43. The zero-order valence-corrected chi connectivity index (χ0v) is 14.1. The Morgan fingerprint density at radius 2 is 2.11 bits per heavy atom. The van der Waals surface area contributed by atoms with Crippen molar-refractivity contribution in [2.75, 3.05) is 6.54 Å². The van der Waals surface area contributed by atoms with Crippen LogP contribution in [0.25, 0.3) is 0 Å². The van der Waals surface area contributed by atoms with E-state index in [1.165, 1.54) is 12.8 Å². The average molecular weight is 346 g/mol. The molecule has 1 fully saturated rings. The molecule has 1 heterocycles. The highest BCUT2D eigenvalue weighted by Gasteiger charge is 2.42. The highest BCUT2D eigenvalue weighted by molar-refractivity contribution is 9.10. The molecule has 19 heavy (non-hydrogen) atoms. The molecule has 0 aliphatic heterocycles. The lowest BCUT2D eigenvalue weighted by Crippen LogP contribution is -2.40. The minimum atomic E-state index is -0.431. The molecule has 0 amide bonds. The first kappa shape index (κ1) is 15.5. The Balaban J connectivity index is 2.14. The van der Waals surface area contributed by atoms with Crippen molar-refractivity contribution < 1.29 is 5.11 Å². The minimum Gasteiger partial charge on any atom is -0.387 e. The Bertz CT molecular complexity index is 410. The van der Waals surface area contributed by atoms with Gasteiger partial charge in [-0.15, -0.1) is 11.3 Å². The van der Waals surface area contributed by atoms with Gasteiger partial charge < -0.3 is 10.8 Å². The number of halogens is 1. The normalized spacial score (nSPS) is 29.7. The summed E-state index contributed by atoms with van der Waals surface area (Å²) in [6.45, 7) is 5.17. The number of nitrogens with two attached hydrogens (primary N) is 1. The largest absolute Gasteiger partial charge is 0.387 e. The highest BCUT2D eigenvalue weighted by Crippen LogP contribution is 2.50. The van der Waals surface area contributed by atoms with Crippen LogP contribution in [0.4, 0.5) is 0 Å². The molecule has 2 rings (SSSR count). The van der Waals surface area contributed by atoms with Crippen molar-refractivity contribution in [3.8, 4) is 0 Å². The molecule has 1 aliphatic rings. The van der Waals surface area contributed by atoms with Gasteiger partial charge in [-0.25, -0.2) is 0 Å². The van der Waals surface area contributed by atoms with Crippen LogP contribution in [0.3, 0.4) is 0 Å². The molecule has 4 heteroatoms. The van der Waals surface area contributed by atoms with Gasteiger partial charge in [-0.05, 0) is 64.9 Å². The number of hydrogen-bond donors (Lipinski definition) is 2. The van der Waals surface area contributed by atoms with E-state index < -0.39 is 6.10 Å². The van der Waals surface area contributed by atoms with Gasteiger partial charge in [0, 0.05) is 21.3 Å². The number of thiophene rings is 1. The van der Waals surface area contributed by atoms with Crippen LogP contribution >= 0.6 is 27.3 Å². The third-order valence-corrected chi connectivity index (χ3v) is 6.77. The summed E-state index contributed by atoms with van der Waals surface area (Å²) in [5.41, 5.74) is 5.92. The van der Waals surface area contributed by atoms with Gasteiger partial charge in [0.05, 0.1) is 6.10 Å². The number of rotatable bonds is 4. The van der Waals surface area contributed by atoms with Crippen molar-refractivity contribution in [1.82, 2.24) is 0 Å². The van der Waals surface area contributed by atoms with Crippen molar-refractivity contribution >= 4 is 27.3 Å². The van der Waals surface area contributed by atoms with Crippen LogP contribution in [0.2, 0.25) is 0 Å². The van der Waals surface area contributed by atoms with E-state index in [0.29, 0.717) is 6.54 Å². The topological polar surface area (TPSA) is 46.2 Å². The van der Waals surface area contributed by atoms with Crippen molar-refractivity contribution in [2.45, 2.75) is 45.6 Å². The first-order chi connectivity index (χ1) is 9.00. The molecule has 108 valence electrons. The van der Waals surface area contributed by atoms with Crippen LogP contribution in [0.15, 0.2) is 15.9 Å². The number of aliphatic hydroxyl groups excluding tert-OH is 1. The number of aliphatic hydroxyl groups is 1. The van der Waals surface area contributed by atoms with Crippen LogP contribution in [-0.2, 0) is 0 Å². The van der Waals surface area contributed by atoms with E-state index in [9.17, 15) is 5.11 Å². The summed E-state index contributed by atoms with van der Waals surface area (Å²) in [6.07, 6.45) is 4.03. The van der Waals surface area contributed by atoms with Crippen LogP contribution in [0.1, 0.15) is 50.5 Å². The summed E-state index contributed by atoms with van der Waals surface area (Å²) in [5, 5.41) is 12.8. The van der Waals surface area contributed by atoms with Crippen LogP contribution in [0.5, 0.6) is 0 Å². The van der Waals surface area contributed by atoms with Crippen LogP contribution < -0.4 is 5.73 Å². The van der Waals surface area contributed by atoms with Gasteiger partial charge in [0.25, 0.3) is 0 Å². The van der Waals surface area contributed by atoms with Crippen molar-refractivity contribution in [3.05, 3.63) is 20.8 Å². The lowest BCUT2D eigenvalue weighted by atomic mass is 9.65. The van der Waals surface area contributed by atoms with E-state index in [1.807, 2.05) is 11.4 Å². The van der Waals surface area contributed by atoms with Crippen LogP contribution in [0, 0.1) is 17.3 Å². The molecule has 0 radical (unpaired) electrons. The standard InChI is InChI=1S/C15H24BrNOS/c1-10(2)11-3-6-15(9-17,7-4-11)14(18)13-12(16)5-8-19-13/h5,8,10-11,14,18H,3-4,6-7,9,17H2,1-2H3. The second-order valence-corrected chi connectivity index (χ2v) is 7.99. The summed E-state index contributed by atoms with van der Waals surface area (Å²) in [7, 11) is 0. The third-order valence-electron chi connectivity index (χ3n) is 4.85. The maximum Gasteiger partial charge on any atom is 0.0961 e. The van der Waals surface area contributed by atoms with Gasteiger partial charge in [0.2, 0.25) is 0 Å². The smallest absolute Gasteiger partial charge is 0.0961 e. The van der Waals surface area contributed by atoms with Crippen molar-refractivity contribution in [1.29, 1.82) is 0 Å². The molecule has 0 spiro atoms. The molecule has 3 N–H and O–H groups in total. The van der Waals surface area contributed by atoms with E-state index in [0.717, 1.165) is 34.0 Å². The molecule has 1 aromatic rings. The monoisotopic (exact) mass is 345 g/mol. The average Bonchev–Trinajstić information content (AvgIpc) is 2.84. The van der Waals surface area contributed by atoms with Gasteiger partial charge in [-0.3, -0.25) is 0 Å². The predicted molar refractivity (Wildman–Crippen MR) is 85.3 cm³/mol. The van der Waals surface area contributed by atoms with Crippen LogP contribution in [-0.4, -0.2) is 11.7 Å². The van der Waals surface area contributed by atoms with Gasteiger partial charge in [-0.1, -0.05) is 13.8 Å². The quantitative estimate of drug-likeness (QED) is 0.852. The third kappa shape index (κ3) is 3.07. The van der Waals surface area contributed by atoms with Gasteiger partial charge in [0.15, 0.2) is 0 Å². The zero-order chi connectivity index (χ0) is 14.0. The Morgan fingerprint density at radius 3 is 2.53 bits per heavy atom. The van der Waals surface area contributed by atoms with Crippen molar-refractivity contribution in [2.24, 2.45) is 23.0 Å². The van der Waals surface area contributed by atoms with E-state index in [-0.39, 0.29) is 5.41 Å². The molecule has 0 saturated heterocycles. The predicted octanol–water partition coefficient (Wildman–Crippen LogP) is 4.34. The molecule has 1 saturated carbocycles. The van der Waals surface area contributed by atoms with Crippen molar-refractivity contribution in [3.63, 3.8) is 0 Å². The molecular weight excluding hydrogens is 322 g/mol. The molecule has 1 aliphatic carbocycles. The summed E-state index contributed by atoms with van der Waals surface area (Å²) in [6, 6.07) is 2.01. The fourth-order valence-electron chi connectivity index (χ4n) is 3.25. The number of hydrogen-bond acceptors (Lipinski definition) is 3. The SMILES string of the molecule is CC(C)C1CCC(CN)(C(O)c2sccc2Br)CC1. The lowest BCUT2D eigenvalue weighted by molar-refractivity contribution is -0.0130. The minimum absolute atomic E-state index is 0.126. The molecule has 1 atom stereocenters. The summed E-state index contributed by atoms with van der Waals surface area (Å²) < 4.78 is 1.02. The first-order valence-corrected chi connectivity index (χ1v) is 8.78. The zero-order valence-electron chi connectivity index (χ0n) is 11.7. The fourth-order valence-corrected chi connectivity index (χ4v) is 4.96. The van der Waals surface area contributed by atoms with E-state index in [1.54, 1.807) is 11.3 Å². The molecule has 1 unspecified atom stereocenters. The fraction of sp³-hybridized carbons (Fsp3) is 0.733. The highest BCUT2D eigenvalue weighted by atomic mass is 79.9. The maximum absolute atomic E-state index is 10.8. The van der Waals surface area contributed by atoms with E-state index in [4.69, 9.17) is 5.73 Å². The molecule has 0 aromatic carbocycles.